The molecule has 96 valence electrons. The maximum absolute atomic E-state index is 5.92. The Bertz CT molecular complexity index is 549. The van der Waals surface area contributed by atoms with E-state index in [1.165, 1.54) is 0 Å². The minimum atomic E-state index is 0.00630. The summed E-state index contributed by atoms with van der Waals surface area (Å²) in [5, 5.41) is 1.08. The molecule has 0 amide bonds. The number of ether oxygens (including phenoxy) is 1. The third-order valence-electron chi connectivity index (χ3n) is 3.44. The van der Waals surface area contributed by atoms with Crippen LogP contribution in [0.5, 0.6) is 0 Å². The Balaban J connectivity index is 1.99. The molecule has 1 aliphatic heterocycles. The highest BCUT2D eigenvalue weighted by Crippen LogP contribution is 2.34. The van der Waals surface area contributed by atoms with E-state index in [0.29, 0.717) is 5.92 Å². The molecule has 1 aliphatic rings. The first-order valence-corrected chi connectivity index (χ1v) is 6.80. The van der Waals surface area contributed by atoms with E-state index >= 15 is 0 Å². The fraction of sp³-hybridized carbons (Fsp3) is 0.385. The van der Waals surface area contributed by atoms with Crippen molar-refractivity contribution in [1.82, 2.24) is 5.43 Å². The van der Waals surface area contributed by atoms with Gasteiger partial charge in [0.1, 0.15) is 11.3 Å². The fourth-order valence-corrected chi connectivity index (χ4v) is 2.93. The Morgan fingerprint density at radius 1 is 1.44 bits per heavy atom. The second kappa shape index (κ2) is 5.01. The van der Waals surface area contributed by atoms with Gasteiger partial charge in [0, 0.05) is 17.9 Å². The molecule has 0 radical (unpaired) electrons. The van der Waals surface area contributed by atoms with E-state index in [1.807, 2.05) is 24.3 Å². The van der Waals surface area contributed by atoms with E-state index in [4.69, 9.17) is 15.0 Å². The van der Waals surface area contributed by atoms with Crippen molar-refractivity contribution < 1.29 is 9.15 Å². The summed E-state index contributed by atoms with van der Waals surface area (Å²) < 4.78 is 12.3. The summed E-state index contributed by atoms with van der Waals surface area (Å²) in [4.78, 5) is 0. The topological polar surface area (TPSA) is 60.4 Å². The lowest BCUT2D eigenvalue weighted by Crippen LogP contribution is -2.33. The van der Waals surface area contributed by atoms with Crippen LogP contribution in [0.25, 0.3) is 11.0 Å². The highest BCUT2D eigenvalue weighted by molar-refractivity contribution is 9.10. The van der Waals surface area contributed by atoms with Gasteiger partial charge in [-0.15, -0.1) is 0 Å². The van der Waals surface area contributed by atoms with Crippen LogP contribution in [0.3, 0.4) is 0 Å². The van der Waals surface area contributed by atoms with E-state index in [1.54, 1.807) is 0 Å². The minimum absolute atomic E-state index is 0.00630. The normalized spacial score (nSPS) is 21.6. The molecule has 5 heteroatoms. The fourth-order valence-electron chi connectivity index (χ4n) is 2.47. The molecule has 0 saturated carbocycles. The molecule has 2 heterocycles. The number of para-hydroxylation sites is 1. The Kier molecular flexibility index (Phi) is 3.39. The molecule has 18 heavy (non-hydrogen) atoms. The Morgan fingerprint density at radius 3 is 3.00 bits per heavy atom. The van der Waals surface area contributed by atoms with Gasteiger partial charge in [-0.1, -0.05) is 12.1 Å². The van der Waals surface area contributed by atoms with Gasteiger partial charge >= 0.3 is 0 Å². The number of hydrazine groups is 1. The van der Waals surface area contributed by atoms with Gasteiger partial charge in [-0.25, -0.2) is 5.43 Å². The first-order valence-electron chi connectivity index (χ1n) is 6.01. The Labute approximate surface area is 114 Å². The molecule has 1 aromatic carbocycles. The lowest BCUT2D eigenvalue weighted by Gasteiger charge is -2.18. The first-order chi connectivity index (χ1) is 8.79. The van der Waals surface area contributed by atoms with Crippen LogP contribution in [0.4, 0.5) is 0 Å². The lowest BCUT2D eigenvalue weighted by atomic mass is 9.97. The van der Waals surface area contributed by atoms with Crippen LogP contribution in [0.2, 0.25) is 0 Å². The molecule has 3 rings (SSSR count). The summed E-state index contributed by atoms with van der Waals surface area (Å²) in [6, 6.07) is 8.05. The lowest BCUT2D eigenvalue weighted by molar-refractivity contribution is 0.173. The summed E-state index contributed by atoms with van der Waals surface area (Å²) in [7, 11) is 0. The van der Waals surface area contributed by atoms with Crippen LogP contribution in [0.15, 0.2) is 33.2 Å². The second-order valence-electron chi connectivity index (χ2n) is 4.57. The van der Waals surface area contributed by atoms with Gasteiger partial charge in [0.2, 0.25) is 0 Å². The van der Waals surface area contributed by atoms with Crippen molar-refractivity contribution in [2.75, 3.05) is 13.2 Å². The summed E-state index contributed by atoms with van der Waals surface area (Å²) in [5.41, 5.74) is 3.72. The molecule has 2 unspecified atom stereocenters. The largest absolute Gasteiger partial charge is 0.458 e. The van der Waals surface area contributed by atoms with Crippen molar-refractivity contribution in [3.8, 4) is 0 Å². The Morgan fingerprint density at radius 2 is 2.33 bits per heavy atom. The number of nitrogens with two attached hydrogens (primary N) is 1. The number of furan rings is 1. The third kappa shape index (κ3) is 2.07. The van der Waals surface area contributed by atoms with Crippen LogP contribution in [0, 0.1) is 5.92 Å². The van der Waals surface area contributed by atoms with E-state index in [9.17, 15) is 0 Å². The van der Waals surface area contributed by atoms with Crippen LogP contribution in [-0.4, -0.2) is 13.2 Å². The van der Waals surface area contributed by atoms with Crippen molar-refractivity contribution in [3.05, 3.63) is 34.5 Å². The minimum Gasteiger partial charge on any atom is -0.458 e. The van der Waals surface area contributed by atoms with Crippen molar-refractivity contribution in [2.45, 2.75) is 12.5 Å². The SMILES string of the molecule is NNC(c1cc2cccc(Br)c2o1)C1CCOC1. The van der Waals surface area contributed by atoms with Gasteiger partial charge in [0.15, 0.2) is 0 Å². The number of hydrogen-bond acceptors (Lipinski definition) is 4. The number of hydrogen-bond donors (Lipinski definition) is 2. The summed E-state index contributed by atoms with van der Waals surface area (Å²) in [6.45, 7) is 1.53. The van der Waals surface area contributed by atoms with Crippen LogP contribution < -0.4 is 11.3 Å². The maximum Gasteiger partial charge on any atom is 0.148 e. The molecule has 1 aromatic heterocycles. The number of fused-ring (bicyclic) bond motifs is 1. The summed E-state index contributed by atoms with van der Waals surface area (Å²) >= 11 is 3.49. The van der Waals surface area contributed by atoms with Gasteiger partial charge in [0.25, 0.3) is 0 Å². The van der Waals surface area contributed by atoms with Crippen molar-refractivity contribution in [1.29, 1.82) is 0 Å². The van der Waals surface area contributed by atoms with Gasteiger partial charge in [-0.3, -0.25) is 5.84 Å². The zero-order valence-corrected chi connectivity index (χ0v) is 11.4. The van der Waals surface area contributed by atoms with Crippen molar-refractivity contribution >= 4 is 26.9 Å². The smallest absolute Gasteiger partial charge is 0.148 e. The van der Waals surface area contributed by atoms with Crippen molar-refractivity contribution in [2.24, 2.45) is 11.8 Å². The maximum atomic E-state index is 5.92. The molecular formula is C13H15BrN2O2. The highest BCUT2D eigenvalue weighted by atomic mass is 79.9. The molecule has 0 aliphatic carbocycles. The monoisotopic (exact) mass is 310 g/mol. The van der Waals surface area contributed by atoms with E-state index in [2.05, 4.69) is 21.4 Å². The molecule has 0 spiro atoms. The zero-order chi connectivity index (χ0) is 12.5. The predicted octanol–water partition coefficient (Wildman–Crippen LogP) is 2.74. The summed E-state index contributed by atoms with van der Waals surface area (Å²) in [5.74, 6) is 6.91. The molecule has 0 bridgehead atoms. The highest BCUT2D eigenvalue weighted by Gasteiger charge is 2.28. The number of rotatable bonds is 3. The zero-order valence-electron chi connectivity index (χ0n) is 9.86. The average Bonchev–Trinajstić information content (AvgIpc) is 3.00. The molecule has 2 aromatic rings. The van der Waals surface area contributed by atoms with E-state index < -0.39 is 0 Å². The van der Waals surface area contributed by atoms with Crippen molar-refractivity contribution in [3.63, 3.8) is 0 Å². The summed E-state index contributed by atoms with van der Waals surface area (Å²) in [6.07, 6.45) is 1.01. The number of nitrogens with one attached hydrogen (secondary N) is 1. The van der Waals surface area contributed by atoms with Gasteiger partial charge in [0.05, 0.1) is 17.1 Å². The molecule has 1 saturated heterocycles. The quantitative estimate of drug-likeness (QED) is 0.676. The van der Waals surface area contributed by atoms with Crippen LogP contribution in [0.1, 0.15) is 18.2 Å². The van der Waals surface area contributed by atoms with Gasteiger partial charge in [-0.2, -0.15) is 0 Å². The van der Waals surface area contributed by atoms with Gasteiger partial charge in [-0.05, 0) is 34.5 Å². The molecule has 4 nitrogen and oxygen atoms in total. The number of benzene rings is 1. The predicted molar refractivity (Wildman–Crippen MR) is 72.9 cm³/mol. The third-order valence-corrected chi connectivity index (χ3v) is 4.06. The molecule has 1 fully saturated rings. The second-order valence-corrected chi connectivity index (χ2v) is 5.43. The van der Waals surface area contributed by atoms with Crippen LogP contribution >= 0.6 is 15.9 Å². The van der Waals surface area contributed by atoms with E-state index in [0.717, 1.165) is 40.8 Å². The molecule has 3 N–H and O–H groups in total. The molecule has 2 atom stereocenters. The number of halogens is 1. The Hall–Kier alpha value is -0.880. The standard InChI is InChI=1S/C13H15BrN2O2/c14-10-3-1-2-8-6-11(18-13(8)10)12(16-15)9-4-5-17-7-9/h1-3,6,9,12,16H,4-5,7,15H2. The van der Waals surface area contributed by atoms with Gasteiger partial charge < -0.3 is 9.15 Å². The van der Waals surface area contributed by atoms with Crippen LogP contribution in [-0.2, 0) is 4.74 Å². The van der Waals surface area contributed by atoms with E-state index in [-0.39, 0.29) is 6.04 Å². The average molecular weight is 311 g/mol. The first kappa shape index (κ1) is 12.2. The molecular weight excluding hydrogens is 296 g/mol.